The Morgan fingerprint density at radius 2 is 1.95 bits per heavy atom. The summed E-state index contributed by atoms with van der Waals surface area (Å²) >= 11 is 12.8. The zero-order valence-electron chi connectivity index (χ0n) is 10.1. The molecule has 2 rings (SSSR count). The number of carbonyl (C=O) groups is 1. The molecule has 0 radical (unpaired) electrons. The largest absolute Gasteiger partial charge is 0.488 e. The number of ether oxygens (including phenoxy) is 1. The molecule has 3 nitrogen and oxygen atoms in total. The van der Waals surface area contributed by atoms with Gasteiger partial charge >= 0.3 is 5.97 Å². The number of benzene rings is 2. The van der Waals surface area contributed by atoms with Crippen molar-refractivity contribution in [2.24, 2.45) is 0 Å². The molecule has 0 unspecified atom stereocenters. The van der Waals surface area contributed by atoms with Crippen LogP contribution in [-0.2, 0) is 6.61 Å². The Labute approximate surface area is 137 Å². The van der Waals surface area contributed by atoms with E-state index in [0.29, 0.717) is 10.8 Å². The van der Waals surface area contributed by atoms with Crippen molar-refractivity contribution in [1.82, 2.24) is 0 Å². The molecule has 6 heteroatoms. The van der Waals surface area contributed by atoms with Crippen molar-refractivity contribution >= 4 is 49.4 Å². The smallest absolute Gasteiger partial charge is 0.335 e. The van der Waals surface area contributed by atoms with E-state index in [-0.39, 0.29) is 12.2 Å². The average molecular weight is 420 g/mol. The monoisotopic (exact) mass is 418 g/mol. The lowest BCUT2D eigenvalue weighted by Gasteiger charge is -2.10. The lowest BCUT2D eigenvalue weighted by molar-refractivity contribution is 0.0697. The molecule has 0 bridgehead atoms. The van der Waals surface area contributed by atoms with Gasteiger partial charge in [-0.2, -0.15) is 0 Å². The van der Waals surface area contributed by atoms with E-state index in [1.165, 1.54) is 12.1 Å². The van der Waals surface area contributed by atoms with Crippen molar-refractivity contribution in [3.05, 3.63) is 61.5 Å². The van der Waals surface area contributed by atoms with Gasteiger partial charge in [-0.1, -0.05) is 33.6 Å². The summed E-state index contributed by atoms with van der Waals surface area (Å²) in [5.74, 6) is -0.318. The number of hydrogen-bond acceptors (Lipinski definition) is 2. The van der Waals surface area contributed by atoms with Gasteiger partial charge in [0.05, 0.1) is 10.0 Å². The van der Waals surface area contributed by atoms with Crippen molar-refractivity contribution in [3.63, 3.8) is 0 Å². The lowest BCUT2D eigenvalue weighted by atomic mass is 10.1. The standard InChI is InChI=1S/C14H9Br2ClO3/c15-10-3-4-13(11(16)6-10)20-7-9-2-1-8(14(18)19)5-12(9)17/h1-6H,7H2,(H,18,19). The van der Waals surface area contributed by atoms with Crippen LogP contribution in [-0.4, -0.2) is 11.1 Å². The molecule has 0 heterocycles. The van der Waals surface area contributed by atoms with Crippen LogP contribution in [0.4, 0.5) is 0 Å². The first-order valence-electron chi connectivity index (χ1n) is 5.57. The topological polar surface area (TPSA) is 46.5 Å². The first-order valence-corrected chi connectivity index (χ1v) is 7.53. The van der Waals surface area contributed by atoms with Gasteiger partial charge in [0.25, 0.3) is 0 Å². The first-order chi connectivity index (χ1) is 9.47. The zero-order valence-corrected chi connectivity index (χ0v) is 14.0. The molecule has 0 atom stereocenters. The van der Waals surface area contributed by atoms with E-state index < -0.39 is 5.97 Å². The van der Waals surface area contributed by atoms with E-state index in [0.717, 1.165) is 14.5 Å². The van der Waals surface area contributed by atoms with E-state index >= 15 is 0 Å². The highest BCUT2D eigenvalue weighted by Crippen LogP contribution is 2.29. The molecular weight excluding hydrogens is 411 g/mol. The fourth-order valence-electron chi connectivity index (χ4n) is 1.55. The summed E-state index contributed by atoms with van der Waals surface area (Å²) in [6.45, 7) is 0.263. The van der Waals surface area contributed by atoms with Gasteiger partial charge in [-0.15, -0.1) is 0 Å². The molecule has 0 aromatic heterocycles. The van der Waals surface area contributed by atoms with Crippen LogP contribution in [0.25, 0.3) is 0 Å². The van der Waals surface area contributed by atoms with Gasteiger partial charge < -0.3 is 9.84 Å². The van der Waals surface area contributed by atoms with Gasteiger partial charge in [-0.25, -0.2) is 4.79 Å². The Kier molecular flexibility index (Phi) is 5.07. The summed E-state index contributed by atoms with van der Waals surface area (Å²) in [5, 5.41) is 9.24. The summed E-state index contributed by atoms with van der Waals surface area (Å²) in [5.41, 5.74) is 0.884. The van der Waals surface area contributed by atoms with E-state index in [1.807, 2.05) is 18.2 Å². The summed E-state index contributed by atoms with van der Waals surface area (Å²) in [6.07, 6.45) is 0. The molecule has 0 fully saturated rings. The quantitative estimate of drug-likeness (QED) is 0.745. The van der Waals surface area contributed by atoms with E-state index in [4.69, 9.17) is 21.4 Å². The Bertz CT molecular complexity index is 659. The highest BCUT2D eigenvalue weighted by atomic mass is 79.9. The second kappa shape index (κ2) is 6.61. The summed E-state index contributed by atoms with van der Waals surface area (Å²) < 4.78 is 7.43. The van der Waals surface area contributed by atoms with E-state index in [1.54, 1.807) is 6.07 Å². The van der Waals surface area contributed by atoms with Gasteiger partial charge in [-0.3, -0.25) is 0 Å². The van der Waals surface area contributed by atoms with Crippen LogP contribution < -0.4 is 4.74 Å². The Morgan fingerprint density at radius 3 is 2.55 bits per heavy atom. The molecule has 2 aromatic rings. The Morgan fingerprint density at radius 1 is 1.20 bits per heavy atom. The minimum Gasteiger partial charge on any atom is -0.488 e. The van der Waals surface area contributed by atoms with Crippen molar-refractivity contribution in [2.45, 2.75) is 6.61 Å². The number of hydrogen-bond donors (Lipinski definition) is 1. The summed E-state index contributed by atoms with van der Waals surface area (Å²) in [6, 6.07) is 10.1. The van der Waals surface area contributed by atoms with Gasteiger partial charge in [0, 0.05) is 15.1 Å². The molecule has 0 aliphatic carbocycles. The van der Waals surface area contributed by atoms with Gasteiger partial charge in [0.15, 0.2) is 0 Å². The second-order valence-corrected chi connectivity index (χ2v) is 6.15. The summed E-state index contributed by atoms with van der Waals surface area (Å²) in [7, 11) is 0. The van der Waals surface area contributed by atoms with Crippen LogP contribution in [0.5, 0.6) is 5.75 Å². The van der Waals surface area contributed by atoms with E-state index in [2.05, 4.69) is 31.9 Å². The van der Waals surface area contributed by atoms with Crippen LogP contribution >= 0.6 is 43.5 Å². The average Bonchev–Trinajstić information content (AvgIpc) is 2.38. The third-order valence-corrected chi connectivity index (χ3v) is 4.04. The molecule has 104 valence electrons. The number of aromatic carboxylic acids is 1. The predicted octanol–water partition coefficient (Wildman–Crippen LogP) is 5.14. The minimum atomic E-state index is -1.00. The number of rotatable bonds is 4. The fourth-order valence-corrected chi connectivity index (χ4v) is 2.94. The molecule has 0 amide bonds. The second-order valence-electron chi connectivity index (χ2n) is 3.97. The number of carboxylic acid groups (broad SMARTS) is 1. The highest BCUT2D eigenvalue weighted by molar-refractivity contribution is 9.11. The van der Waals surface area contributed by atoms with Crippen LogP contribution in [0.15, 0.2) is 45.3 Å². The molecule has 0 saturated carbocycles. The van der Waals surface area contributed by atoms with Crippen molar-refractivity contribution in [1.29, 1.82) is 0 Å². The molecule has 0 aliphatic rings. The molecule has 1 N–H and O–H groups in total. The maximum Gasteiger partial charge on any atom is 0.335 e. The minimum absolute atomic E-state index is 0.156. The van der Waals surface area contributed by atoms with Crippen molar-refractivity contribution in [3.8, 4) is 5.75 Å². The maximum absolute atomic E-state index is 10.8. The first kappa shape index (κ1) is 15.4. The van der Waals surface area contributed by atoms with Crippen molar-refractivity contribution in [2.75, 3.05) is 0 Å². The van der Waals surface area contributed by atoms with Gasteiger partial charge in [0.1, 0.15) is 12.4 Å². The van der Waals surface area contributed by atoms with Gasteiger partial charge in [0.2, 0.25) is 0 Å². The molecule has 0 spiro atoms. The normalized spacial score (nSPS) is 10.3. The fraction of sp³-hybridized carbons (Fsp3) is 0.0714. The molecule has 2 aromatic carbocycles. The third-order valence-electron chi connectivity index (χ3n) is 2.58. The molecule has 0 saturated heterocycles. The molecule has 20 heavy (non-hydrogen) atoms. The Hall–Kier alpha value is -1.04. The molecule has 0 aliphatic heterocycles. The highest BCUT2D eigenvalue weighted by Gasteiger charge is 2.08. The van der Waals surface area contributed by atoms with Crippen LogP contribution in [0.1, 0.15) is 15.9 Å². The number of halogens is 3. The van der Waals surface area contributed by atoms with Gasteiger partial charge in [-0.05, 0) is 46.3 Å². The molecular formula is C14H9Br2ClO3. The maximum atomic E-state index is 10.8. The Balaban J connectivity index is 2.13. The van der Waals surface area contributed by atoms with E-state index in [9.17, 15) is 4.79 Å². The lowest BCUT2D eigenvalue weighted by Crippen LogP contribution is -2.00. The zero-order chi connectivity index (χ0) is 14.7. The van der Waals surface area contributed by atoms with Crippen molar-refractivity contribution < 1.29 is 14.6 Å². The number of carboxylic acids is 1. The van der Waals surface area contributed by atoms with Crippen LogP contribution in [0.3, 0.4) is 0 Å². The summed E-state index contributed by atoms with van der Waals surface area (Å²) in [4.78, 5) is 10.8. The van der Waals surface area contributed by atoms with Crippen LogP contribution in [0, 0.1) is 0 Å². The third kappa shape index (κ3) is 3.75. The SMILES string of the molecule is O=C(O)c1ccc(COc2ccc(Br)cc2Br)c(Cl)c1. The predicted molar refractivity (Wildman–Crippen MR) is 84.6 cm³/mol. The van der Waals surface area contributed by atoms with Crippen LogP contribution in [0.2, 0.25) is 5.02 Å².